The van der Waals surface area contributed by atoms with E-state index in [0.29, 0.717) is 11.1 Å². The van der Waals surface area contributed by atoms with Crippen LogP contribution in [0, 0.1) is 0 Å². The van der Waals surface area contributed by atoms with Crippen molar-refractivity contribution in [1.82, 2.24) is 0 Å². The van der Waals surface area contributed by atoms with E-state index >= 15 is 0 Å². The van der Waals surface area contributed by atoms with Crippen LogP contribution in [-0.4, -0.2) is 55.0 Å². The number of aliphatic hydroxyl groups excluding tert-OH is 2. The van der Waals surface area contributed by atoms with Crippen LogP contribution in [0.4, 0.5) is 0 Å². The monoisotopic (exact) mass is 328 g/mol. The Bertz CT molecular complexity index is 739. The molecule has 3 unspecified atom stereocenters. The zero-order valence-corrected chi connectivity index (χ0v) is 12.9. The van der Waals surface area contributed by atoms with Gasteiger partial charge < -0.3 is 25.5 Å². The lowest BCUT2D eigenvalue weighted by atomic mass is 9.31. The number of fused-ring (bicyclic) bond motifs is 1. The highest BCUT2D eigenvalue weighted by Crippen LogP contribution is 2.74. The van der Waals surface area contributed by atoms with Crippen LogP contribution in [0.5, 0.6) is 0 Å². The van der Waals surface area contributed by atoms with Crippen molar-refractivity contribution in [3.05, 3.63) is 71.8 Å². The molecule has 4 rings (SSSR count). The fourth-order valence-corrected chi connectivity index (χ4v) is 4.85. The fourth-order valence-electron chi connectivity index (χ4n) is 4.85. The van der Waals surface area contributed by atoms with Crippen molar-refractivity contribution < 1.29 is 25.5 Å². The van der Waals surface area contributed by atoms with Crippen LogP contribution in [0.1, 0.15) is 23.0 Å². The standard InChI is InChI=1S/C19H20O5/c20-11-17(22)15(13-9-5-2-6-10-13)18(23)16(21)14(19(17,18)24)12-7-3-1-4-8-12/h1-10,14-16,20-24H,11H2/t14?,15?,16?,17-,18-,19-/m0/s1. The summed E-state index contributed by atoms with van der Waals surface area (Å²) in [6.07, 6.45) is -1.25. The first-order valence-corrected chi connectivity index (χ1v) is 7.99. The first-order valence-electron chi connectivity index (χ1n) is 7.99. The Morgan fingerprint density at radius 1 is 0.792 bits per heavy atom. The highest BCUT2D eigenvalue weighted by atomic mass is 16.4. The van der Waals surface area contributed by atoms with Crippen molar-refractivity contribution in [3.63, 3.8) is 0 Å². The molecule has 24 heavy (non-hydrogen) atoms. The molecule has 5 nitrogen and oxygen atoms in total. The molecule has 0 amide bonds. The van der Waals surface area contributed by atoms with Gasteiger partial charge >= 0.3 is 0 Å². The Kier molecular flexibility index (Phi) is 3.20. The minimum Gasteiger partial charge on any atom is -0.393 e. The summed E-state index contributed by atoms with van der Waals surface area (Å²) in [6, 6.07) is 17.4. The molecule has 2 aromatic carbocycles. The molecule has 5 heteroatoms. The van der Waals surface area contributed by atoms with E-state index in [9.17, 15) is 25.5 Å². The highest BCUT2D eigenvalue weighted by molar-refractivity contribution is 5.54. The highest BCUT2D eigenvalue weighted by Gasteiger charge is 2.92. The summed E-state index contributed by atoms with van der Waals surface area (Å²) < 4.78 is 0. The van der Waals surface area contributed by atoms with Gasteiger partial charge in [-0.2, -0.15) is 0 Å². The summed E-state index contributed by atoms with van der Waals surface area (Å²) in [5, 5.41) is 53.7. The number of rotatable bonds is 3. The lowest BCUT2D eigenvalue weighted by Crippen LogP contribution is -2.98. The third kappa shape index (κ3) is 1.48. The molecular weight excluding hydrogens is 308 g/mol. The molecule has 0 saturated heterocycles. The summed E-state index contributed by atoms with van der Waals surface area (Å²) in [4.78, 5) is 0. The summed E-state index contributed by atoms with van der Waals surface area (Å²) in [5.41, 5.74) is -4.70. The molecule has 0 heterocycles. The Balaban J connectivity index is 1.82. The maximum absolute atomic E-state index is 11.1. The SMILES string of the molecule is OC[C@]1(O)C(c2ccccc2)[C@]2(O)C(O)C(c3ccccc3)[C@@]21O. The number of hydrogen-bond acceptors (Lipinski definition) is 5. The smallest absolute Gasteiger partial charge is 0.137 e. The third-order valence-corrected chi connectivity index (χ3v) is 5.94. The molecule has 0 spiro atoms. The van der Waals surface area contributed by atoms with Crippen molar-refractivity contribution in [2.75, 3.05) is 6.61 Å². The van der Waals surface area contributed by atoms with Crippen molar-refractivity contribution in [2.45, 2.75) is 34.7 Å². The number of aliphatic hydroxyl groups is 5. The van der Waals surface area contributed by atoms with E-state index in [2.05, 4.69) is 0 Å². The lowest BCUT2D eigenvalue weighted by molar-refractivity contribution is -0.448. The molecule has 5 N–H and O–H groups in total. The summed E-state index contributed by atoms with van der Waals surface area (Å²) in [5.74, 6) is -1.85. The van der Waals surface area contributed by atoms with Crippen LogP contribution in [0.2, 0.25) is 0 Å². The van der Waals surface area contributed by atoms with E-state index < -0.39 is 41.3 Å². The third-order valence-electron chi connectivity index (χ3n) is 5.94. The molecule has 2 fully saturated rings. The number of hydrogen-bond donors (Lipinski definition) is 5. The van der Waals surface area contributed by atoms with Crippen LogP contribution < -0.4 is 0 Å². The van der Waals surface area contributed by atoms with Gasteiger partial charge in [0.1, 0.15) is 16.8 Å². The molecule has 0 aromatic heterocycles. The Labute approximate surface area is 139 Å². The van der Waals surface area contributed by atoms with Gasteiger partial charge in [0.25, 0.3) is 0 Å². The largest absolute Gasteiger partial charge is 0.393 e. The van der Waals surface area contributed by atoms with Crippen LogP contribution >= 0.6 is 0 Å². The van der Waals surface area contributed by atoms with E-state index in [1.165, 1.54) is 0 Å². The second-order valence-corrected chi connectivity index (χ2v) is 6.85. The molecule has 0 bridgehead atoms. The van der Waals surface area contributed by atoms with Crippen LogP contribution in [0.15, 0.2) is 60.7 Å². The summed E-state index contributed by atoms with van der Waals surface area (Å²) >= 11 is 0. The average molecular weight is 328 g/mol. The average Bonchev–Trinajstić information content (AvgIpc) is 2.63. The van der Waals surface area contributed by atoms with Crippen molar-refractivity contribution in [3.8, 4) is 0 Å². The molecule has 6 atom stereocenters. The first-order chi connectivity index (χ1) is 11.4. The fraction of sp³-hybridized carbons (Fsp3) is 0.368. The van der Waals surface area contributed by atoms with Crippen LogP contribution in [0.3, 0.4) is 0 Å². The molecule has 0 aliphatic heterocycles. The van der Waals surface area contributed by atoms with Gasteiger partial charge in [0, 0.05) is 5.92 Å². The van der Waals surface area contributed by atoms with Gasteiger partial charge in [-0.3, -0.25) is 0 Å². The lowest BCUT2D eigenvalue weighted by Gasteiger charge is -2.79. The van der Waals surface area contributed by atoms with E-state index in [4.69, 9.17) is 0 Å². The summed E-state index contributed by atoms with van der Waals surface area (Å²) in [6.45, 7) is -0.721. The summed E-state index contributed by atoms with van der Waals surface area (Å²) in [7, 11) is 0. The topological polar surface area (TPSA) is 101 Å². The van der Waals surface area contributed by atoms with Crippen molar-refractivity contribution in [2.24, 2.45) is 0 Å². The van der Waals surface area contributed by atoms with Crippen molar-refractivity contribution >= 4 is 0 Å². The molecule has 2 aromatic rings. The van der Waals surface area contributed by atoms with Gasteiger partial charge in [-0.15, -0.1) is 0 Å². The van der Waals surface area contributed by atoms with Gasteiger partial charge in [0.2, 0.25) is 0 Å². The minimum absolute atomic E-state index is 0.562. The van der Waals surface area contributed by atoms with E-state index in [1.807, 2.05) is 0 Å². The van der Waals surface area contributed by atoms with E-state index in [1.54, 1.807) is 60.7 Å². The van der Waals surface area contributed by atoms with Gasteiger partial charge in [0.15, 0.2) is 0 Å². The second-order valence-electron chi connectivity index (χ2n) is 6.85. The van der Waals surface area contributed by atoms with Gasteiger partial charge in [-0.05, 0) is 11.1 Å². The first kappa shape index (κ1) is 15.7. The predicted octanol–water partition coefficient (Wildman–Crippen LogP) is 0.128. The van der Waals surface area contributed by atoms with Gasteiger partial charge in [-0.1, -0.05) is 60.7 Å². The molecule has 2 saturated carbocycles. The van der Waals surface area contributed by atoms with Crippen LogP contribution in [0.25, 0.3) is 0 Å². The predicted molar refractivity (Wildman–Crippen MR) is 86.3 cm³/mol. The molecular formula is C19H20O5. The number of benzene rings is 2. The van der Waals surface area contributed by atoms with E-state index in [0.717, 1.165) is 0 Å². The maximum Gasteiger partial charge on any atom is 0.137 e. The molecule has 2 aliphatic rings. The maximum atomic E-state index is 11.1. The van der Waals surface area contributed by atoms with Crippen molar-refractivity contribution in [1.29, 1.82) is 0 Å². The molecule has 126 valence electrons. The normalized spacial score (nSPS) is 43.5. The zero-order chi connectivity index (χ0) is 17.2. The van der Waals surface area contributed by atoms with Gasteiger partial charge in [0.05, 0.1) is 18.6 Å². The quantitative estimate of drug-likeness (QED) is 0.551. The zero-order valence-electron chi connectivity index (χ0n) is 12.9. The Morgan fingerprint density at radius 2 is 1.29 bits per heavy atom. The molecule has 0 radical (unpaired) electrons. The molecule has 2 aliphatic carbocycles. The second kappa shape index (κ2) is 4.88. The Hall–Kier alpha value is -1.76. The Morgan fingerprint density at radius 3 is 1.79 bits per heavy atom. The van der Waals surface area contributed by atoms with Gasteiger partial charge in [-0.25, -0.2) is 0 Å². The van der Waals surface area contributed by atoms with E-state index in [-0.39, 0.29) is 0 Å². The van der Waals surface area contributed by atoms with Crippen LogP contribution in [-0.2, 0) is 0 Å². The minimum atomic E-state index is -2.02.